The van der Waals surface area contributed by atoms with Crippen LogP contribution in [0, 0.1) is 0 Å². The van der Waals surface area contributed by atoms with Crippen LogP contribution >= 0.6 is 0 Å². The second-order valence-corrected chi connectivity index (χ2v) is 7.41. The van der Waals surface area contributed by atoms with E-state index in [0.29, 0.717) is 39.1 Å². The molecule has 2 aliphatic rings. The Morgan fingerprint density at radius 1 is 1.18 bits per heavy atom. The van der Waals surface area contributed by atoms with E-state index in [1.807, 2.05) is 57.1 Å². The maximum Gasteiger partial charge on any atom is 0.225 e. The molecule has 0 spiro atoms. The number of nitrogens with zero attached hydrogens (tertiary/aromatic N) is 4. The van der Waals surface area contributed by atoms with E-state index < -0.39 is 0 Å². The number of amides is 2. The summed E-state index contributed by atoms with van der Waals surface area (Å²) in [5.41, 5.74) is 1.10. The van der Waals surface area contributed by atoms with E-state index in [1.54, 1.807) is 6.20 Å². The summed E-state index contributed by atoms with van der Waals surface area (Å²) in [6, 6.07) is 11.8. The highest BCUT2D eigenvalue weighted by Crippen LogP contribution is 2.25. The molecule has 0 saturated carbocycles. The Morgan fingerprint density at radius 2 is 2.04 bits per heavy atom. The first-order valence-corrected chi connectivity index (χ1v) is 9.91. The van der Waals surface area contributed by atoms with Crippen LogP contribution in [0.3, 0.4) is 0 Å². The van der Waals surface area contributed by atoms with Gasteiger partial charge in [-0.3, -0.25) is 14.3 Å². The molecule has 28 heavy (non-hydrogen) atoms. The first kappa shape index (κ1) is 18.7. The number of rotatable bonds is 6. The van der Waals surface area contributed by atoms with E-state index in [0.717, 1.165) is 18.5 Å². The number of aryl methyl sites for hydroxylation is 1. The van der Waals surface area contributed by atoms with Gasteiger partial charge in [0.1, 0.15) is 0 Å². The van der Waals surface area contributed by atoms with E-state index in [-0.39, 0.29) is 24.0 Å². The molecular weight excluding hydrogens is 356 g/mol. The second-order valence-electron chi connectivity index (χ2n) is 7.41. The topological polar surface area (TPSA) is 67.7 Å². The number of likely N-dealkylation sites (tertiary alicyclic amines) is 1. The molecule has 148 valence electrons. The molecule has 2 atom stereocenters. The molecule has 7 heteroatoms. The molecule has 1 aromatic carbocycles. The molecule has 0 aliphatic carbocycles. The van der Waals surface area contributed by atoms with Gasteiger partial charge in [0, 0.05) is 45.0 Å². The van der Waals surface area contributed by atoms with Crippen molar-refractivity contribution in [2.75, 3.05) is 19.7 Å². The number of benzene rings is 1. The maximum atomic E-state index is 12.7. The van der Waals surface area contributed by atoms with Gasteiger partial charge in [-0.2, -0.15) is 5.10 Å². The zero-order valence-electron chi connectivity index (χ0n) is 15.9. The second kappa shape index (κ2) is 8.56. The Morgan fingerprint density at radius 3 is 2.82 bits per heavy atom. The van der Waals surface area contributed by atoms with Crippen LogP contribution in [0.5, 0.6) is 0 Å². The van der Waals surface area contributed by atoms with Crippen molar-refractivity contribution in [2.45, 2.75) is 44.5 Å². The molecule has 2 saturated heterocycles. The van der Waals surface area contributed by atoms with Crippen molar-refractivity contribution in [3.05, 3.63) is 54.4 Å². The predicted octanol–water partition coefficient (Wildman–Crippen LogP) is 1.69. The lowest BCUT2D eigenvalue weighted by Gasteiger charge is -2.29. The number of carbonyl (C=O) groups is 2. The number of hydrogen-bond acceptors (Lipinski definition) is 4. The SMILES string of the molecule is O=C(CCCn1cccn1)N1C[C@@H]2OCCC(=O)N(Cc3ccccc3)[C@H]2C1. The fraction of sp³-hybridized carbons (Fsp3) is 0.476. The molecule has 1 aromatic heterocycles. The number of aromatic nitrogens is 2. The summed E-state index contributed by atoms with van der Waals surface area (Å²) < 4.78 is 7.78. The summed E-state index contributed by atoms with van der Waals surface area (Å²) in [7, 11) is 0. The third-order valence-electron chi connectivity index (χ3n) is 5.49. The number of carbonyl (C=O) groups excluding carboxylic acids is 2. The number of ether oxygens (including phenoxy) is 1. The van der Waals surface area contributed by atoms with Crippen molar-refractivity contribution in [3.8, 4) is 0 Å². The van der Waals surface area contributed by atoms with Crippen LogP contribution in [-0.2, 0) is 27.4 Å². The van der Waals surface area contributed by atoms with Crippen LogP contribution in [-0.4, -0.2) is 63.2 Å². The Balaban J connectivity index is 1.38. The molecule has 4 rings (SSSR count). The van der Waals surface area contributed by atoms with Crippen LogP contribution in [0.25, 0.3) is 0 Å². The maximum absolute atomic E-state index is 12.7. The minimum absolute atomic E-state index is 0.0785. The zero-order valence-corrected chi connectivity index (χ0v) is 15.9. The fourth-order valence-electron chi connectivity index (χ4n) is 4.02. The highest BCUT2D eigenvalue weighted by Gasteiger charge is 2.42. The number of hydrogen-bond donors (Lipinski definition) is 0. The first-order chi connectivity index (χ1) is 13.7. The molecule has 0 unspecified atom stereocenters. The van der Waals surface area contributed by atoms with Crippen LogP contribution < -0.4 is 0 Å². The number of fused-ring (bicyclic) bond motifs is 1. The van der Waals surface area contributed by atoms with Gasteiger partial charge in [0.2, 0.25) is 11.8 Å². The third kappa shape index (κ3) is 4.25. The predicted molar refractivity (Wildman–Crippen MR) is 103 cm³/mol. The summed E-state index contributed by atoms with van der Waals surface area (Å²) in [5, 5.41) is 4.17. The van der Waals surface area contributed by atoms with E-state index in [2.05, 4.69) is 5.10 Å². The van der Waals surface area contributed by atoms with E-state index in [9.17, 15) is 9.59 Å². The summed E-state index contributed by atoms with van der Waals surface area (Å²) in [6.45, 7) is 2.82. The lowest BCUT2D eigenvalue weighted by atomic mass is 10.1. The van der Waals surface area contributed by atoms with Gasteiger partial charge in [0.25, 0.3) is 0 Å². The summed E-state index contributed by atoms with van der Waals surface area (Å²) in [6.07, 6.45) is 5.17. The van der Waals surface area contributed by atoms with Crippen molar-refractivity contribution < 1.29 is 14.3 Å². The molecule has 2 amide bonds. The minimum Gasteiger partial charge on any atom is -0.374 e. The lowest BCUT2D eigenvalue weighted by molar-refractivity contribution is -0.135. The van der Waals surface area contributed by atoms with Gasteiger partial charge in [-0.1, -0.05) is 30.3 Å². The van der Waals surface area contributed by atoms with Crippen molar-refractivity contribution >= 4 is 11.8 Å². The van der Waals surface area contributed by atoms with Crippen molar-refractivity contribution in [1.82, 2.24) is 19.6 Å². The van der Waals surface area contributed by atoms with Crippen LogP contribution in [0.4, 0.5) is 0 Å². The molecular formula is C21H26N4O3. The highest BCUT2D eigenvalue weighted by molar-refractivity contribution is 5.79. The molecule has 0 N–H and O–H groups in total. The van der Waals surface area contributed by atoms with Crippen LogP contribution in [0.2, 0.25) is 0 Å². The molecule has 0 radical (unpaired) electrons. The van der Waals surface area contributed by atoms with E-state index >= 15 is 0 Å². The Bertz CT molecular complexity index is 793. The largest absolute Gasteiger partial charge is 0.374 e. The average Bonchev–Trinajstić information content (AvgIpc) is 3.34. The molecule has 0 bridgehead atoms. The van der Waals surface area contributed by atoms with Gasteiger partial charge in [0.05, 0.1) is 25.2 Å². The quantitative estimate of drug-likeness (QED) is 0.763. The minimum atomic E-state index is -0.106. The van der Waals surface area contributed by atoms with Crippen molar-refractivity contribution in [3.63, 3.8) is 0 Å². The summed E-state index contributed by atoms with van der Waals surface area (Å²) >= 11 is 0. The molecule has 2 aliphatic heterocycles. The van der Waals surface area contributed by atoms with Gasteiger partial charge < -0.3 is 14.5 Å². The fourth-order valence-corrected chi connectivity index (χ4v) is 4.02. The average molecular weight is 382 g/mol. The molecule has 7 nitrogen and oxygen atoms in total. The van der Waals surface area contributed by atoms with Gasteiger partial charge in [0.15, 0.2) is 0 Å². The van der Waals surface area contributed by atoms with Crippen LogP contribution in [0.15, 0.2) is 48.8 Å². The Kier molecular flexibility index (Phi) is 5.71. The van der Waals surface area contributed by atoms with Gasteiger partial charge in [-0.05, 0) is 18.1 Å². The summed E-state index contributed by atoms with van der Waals surface area (Å²) in [4.78, 5) is 29.1. The molecule has 3 heterocycles. The van der Waals surface area contributed by atoms with Gasteiger partial charge in [-0.25, -0.2) is 0 Å². The Hall–Kier alpha value is -2.67. The smallest absolute Gasteiger partial charge is 0.225 e. The first-order valence-electron chi connectivity index (χ1n) is 9.91. The zero-order chi connectivity index (χ0) is 19.3. The van der Waals surface area contributed by atoms with E-state index in [1.165, 1.54) is 0 Å². The highest BCUT2D eigenvalue weighted by atomic mass is 16.5. The lowest BCUT2D eigenvalue weighted by Crippen LogP contribution is -2.45. The summed E-state index contributed by atoms with van der Waals surface area (Å²) in [5.74, 6) is 0.222. The van der Waals surface area contributed by atoms with Crippen molar-refractivity contribution in [2.24, 2.45) is 0 Å². The van der Waals surface area contributed by atoms with Crippen LogP contribution in [0.1, 0.15) is 24.8 Å². The molecule has 2 aromatic rings. The normalized spacial score (nSPS) is 22.2. The standard InChI is InChI=1S/C21H26N4O3/c26-20(8-4-11-24-12-5-10-22-24)23-15-18-19(16-23)28-13-9-21(27)25(18)14-17-6-2-1-3-7-17/h1-3,5-7,10,12,18-19H,4,8-9,11,13-16H2/t18-,19-/m0/s1. The van der Waals surface area contributed by atoms with E-state index in [4.69, 9.17) is 4.74 Å². The Labute approximate surface area is 164 Å². The third-order valence-corrected chi connectivity index (χ3v) is 5.49. The monoisotopic (exact) mass is 382 g/mol. The van der Waals surface area contributed by atoms with Crippen molar-refractivity contribution in [1.29, 1.82) is 0 Å². The molecule has 2 fully saturated rings. The van der Waals surface area contributed by atoms with Gasteiger partial charge in [-0.15, -0.1) is 0 Å². The van der Waals surface area contributed by atoms with Gasteiger partial charge >= 0.3 is 0 Å².